The summed E-state index contributed by atoms with van der Waals surface area (Å²) in [6, 6.07) is 16.5. The molecule has 3 heterocycles. The molecule has 0 saturated carbocycles. The van der Waals surface area contributed by atoms with Crippen LogP contribution in [0.3, 0.4) is 0 Å². The molecule has 1 unspecified atom stereocenters. The molecular weight excluding hydrogens is 458 g/mol. The van der Waals surface area contributed by atoms with Crippen LogP contribution in [-0.2, 0) is 11.2 Å². The molecular formula is C26H20ClNO6. The first-order chi connectivity index (χ1) is 16.5. The van der Waals surface area contributed by atoms with Gasteiger partial charge in [-0.3, -0.25) is 9.59 Å². The third-order valence-electron chi connectivity index (χ3n) is 5.86. The highest BCUT2D eigenvalue weighted by atomic mass is 35.5. The van der Waals surface area contributed by atoms with Crippen molar-refractivity contribution in [2.75, 3.05) is 13.7 Å². The van der Waals surface area contributed by atoms with Crippen LogP contribution in [0.25, 0.3) is 11.0 Å². The van der Waals surface area contributed by atoms with Crippen LogP contribution in [0.4, 0.5) is 0 Å². The maximum atomic E-state index is 13.5. The first-order valence-electron chi connectivity index (χ1n) is 10.6. The number of hydrogen-bond acceptors (Lipinski definition) is 6. The number of furan rings is 2. The number of amides is 1. The average molecular weight is 478 g/mol. The summed E-state index contributed by atoms with van der Waals surface area (Å²) in [5, 5.41) is 11.9. The van der Waals surface area contributed by atoms with Gasteiger partial charge in [-0.2, -0.15) is 0 Å². The first kappa shape index (κ1) is 21.9. The highest BCUT2D eigenvalue weighted by molar-refractivity contribution is 6.31. The number of hydrogen-bond donors (Lipinski definition) is 1. The van der Waals surface area contributed by atoms with E-state index in [9.17, 15) is 14.7 Å². The smallest absolute Gasteiger partial charge is 0.290 e. The Balaban J connectivity index is 1.47. The second-order valence-electron chi connectivity index (χ2n) is 7.90. The topological polar surface area (TPSA) is 93.1 Å². The summed E-state index contributed by atoms with van der Waals surface area (Å²) in [5.74, 6) is -0.743. The number of aliphatic hydroxyl groups is 1. The Kier molecular flexibility index (Phi) is 5.63. The predicted octanol–water partition coefficient (Wildman–Crippen LogP) is 5.51. The summed E-state index contributed by atoms with van der Waals surface area (Å²) in [5.41, 5.74) is 1.36. The van der Waals surface area contributed by atoms with Crippen molar-refractivity contribution in [1.29, 1.82) is 0 Å². The lowest BCUT2D eigenvalue weighted by atomic mass is 9.99. The number of fused-ring (bicyclic) bond motifs is 1. The number of carbonyl (C=O) groups is 2. The van der Waals surface area contributed by atoms with E-state index < -0.39 is 23.5 Å². The molecule has 1 amide bonds. The van der Waals surface area contributed by atoms with Gasteiger partial charge < -0.3 is 23.6 Å². The van der Waals surface area contributed by atoms with Gasteiger partial charge in [0.15, 0.2) is 11.5 Å². The molecule has 0 aliphatic carbocycles. The summed E-state index contributed by atoms with van der Waals surface area (Å²) in [4.78, 5) is 28.0. The quantitative estimate of drug-likeness (QED) is 0.353. The zero-order valence-electron chi connectivity index (χ0n) is 18.2. The fourth-order valence-corrected chi connectivity index (χ4v) is 4.34. The monoisotopic (exact) mass is 477 g/mol. The van der Waals surface area contributed by atoms with E-state index in [1.54, 1.807) is 43.5 Å². The van der Waals surface area contributed by atoms with Gasteiger partial charge in [-0.05, 0) is 60.5 Å². The molecule has 0 saturated heterocycles. The molecule has 2 aromatic heterocycles. The lowest BCUT2D eigenvalue weighted by Crippen LogP contribution is -2.32. The van der Waals surface area contributed by atoms with Gasteiger partial charge in [0.05, 0.1) is 18.9 Å². The maximum absolute atomic E-state index is 13.5. The number of Topliss-reactive ketones (excluding diaryl/α,β-unsaturated/α-hetero) is 1. The standard InChI is InChI=1S/C26H20ClNO6/c1-32-18-7-4-15(5-8-18)10-11-28-23(20-3-2-12-33-20)22(25(30)26(28)31)24(29)21-14-16-13-17(27)6-9-19(16)34-21/h2-9,12-14,23,30H,10-11H2,1H3. The minimum atomic E-state index is -0.884. The van der Waals surface area contributed by atoms with Crippen LogP contribution in [-0.4, -0.2) is 35.4 Å². The molecule has 8 heteroatoms. The normalized spacial score (nSPS) is 16.0. The molecule has 1 aliphatic rings. The zero-order chi connectivity index (χ0) is 23.8. The summed E-state index contributed by atoms with van der Waals surface area (Å²) in [6.45, 7) is 0.257. The first-order valence-corrected chi connectivity index (χ1v) is 11.0. The minimum Gasteiger partial charge on any atom is -0.503 e. The Hall–Kier alpha value is -3.97. The molecule has 1 aliphatic heterocycles. The van der Waals surface area contributed by atoms with E-state index in [0.29, 0.717) is 28.2 Å². The lowest BCUT2D eigenvalue weighted by molar-refractivity contribution is -0.129. The second-order valence-corrected chi connectivity index (χ2v) is 8.34. The molecule has 172 valence electrons. The number of halogens is 1. The number of ketones is 1. The van der Waals surface area contributed by atoms with Crippen molar-refractivity contribution >= 4 is 34.3 Å². The molecule has 0 fully saturated rings. The second kappa shape index (κ2) is 8.76. The SMILES string of the molecule is COc1ccc(CCN2C(=O)C(O)=C(C(=O)c3cc4cc(Cl)ccc4o3)C2c2ccco2)cc1. The van der Waals surface area contributed by atoms with E-state index >= 15 is 0 Å². The molecule has 0 spiro atoms. The number of carbonyl (C=O) groups excluding carboxylic acids is 2. The van der Waals surface area contributed by atoms with Gasteiger partial charge >= 0.3 is 0 Å². The third kappa shape index (κ3) is 3.84. The fraction of sp³-hybridized carbons (Fsp3) is 0.154. The fourth-order valence-electron chi connectivity index (χ4n) is 4.16. The predicted molar refractivity (Wildman–Crippen MR) is 125 cm³/mol. The number of ether oxygens (including phenoxy) is 1. The zero-order valence-corrected chi connectivity index (χ0v) is 18.9. The molecule has 1 N–H and O–H groups in total. The van der Waals surface area contributed by atoms with Gasteiger partial charge in [0, 0.05) is 17.0 Å². The number of nitrogens with zero attached hydrogens (tertiary/aromatic N) is 1. The average Bonchev–Trinajstić information content (AvgIpc) is 3.57. The van der Waals surface area contributed by atoms with E-state index in [0.717, 1.165) is 11.3 Å². The van der Waals surface area contributed by atoms with Crippen LogP contribution in [0.1, 0.15) is 27.9 Å². The van der Waals surface area contributed by atoms with Crippen LogP contribution >= 0.6 is 11.6 Å². The van der Waals surface area contributed by atoms with E-state index in [1.165, 1.54) is 11.2 Å². The van der Waals surface area contributed by atoms with Crippen molar-refractivity contribution in [3.05, 3.63) is 100 Å². The van der Waals surface area contributed by atoms with Crippen LogP contribution in [0.2, 0.25) is 5.02 Å². The van der Waals surface area contributed by atoms with Gasteiger partial charge in [-0.1, -0.05) is 23.7 Å². The number of benzene rings is 2. The summed E-state index contributed by atoms with van der Waals surface area (Å²) in [6.07, 6.45) is 1.97. The number of aliphatic hydroxyl groups excluding tert-OH is 1. The molecule has 2 aromatic carbocycles. The van der Waals surface area contributed by atoms with Crippen molar-refractivity contribution in [2.24, 2.45) is 0 Å². The van der Waals surface area contributed by atoms with Gasteiger partial charge in [0.1, 0.15) is 23.1 Å². The molecule has 5 rings (SSSR count). The van der Waals surface area contributed by atoms with Crippen LogP contribution in [0.5, 0.6) is 5.75 Å². The third-order valence-corrected chi connectivity index (χ3v) is 6.10. The van der Waals surface area contributed by atoms with Crippen LogP contribution in [0, 0.1) is 0 Å². The Morgan fingerprint density at radius 3 is 2.65 bits per heavy atom. The Morgan fingerprint density at radius 2 is 1.94 bits per heavy atom. The van der Waals surface area contributed by atoms with Crippen molar-refractivity contribution in [3.8, 4) is 5.75 Å². The summed E-state index contributed by atoms with van der Waals surface area (Å²) in [7, 11) is 1.59. The Bertz CT molecular complexity index is 1400. The van der Waals surface area contributed by atoms with Crippen molar-refractivity contribution < 1.29 is 28.3 Å². The molecule has 1 atom stereocenters. The summed E-state index contributed by atoms with van der Waals surface area (Å²) >= 11 is 6.04. The van der Waals surface area contributed by atoms with E-state index in [4.69, 9.17) is 25.2 Å². The van der Waals surface area contributed by atoms with Crippen molar-refractivity contribution in [1.82, 2.24) is 4.90 Å². The van der Waals surface area contributed by atoms with Crippen molar-refractivity contribution in [3.63, 3.8) is 0 Å². The summed E-state index contributed by atoms with van der Waals surface area (Å²) < 4.78 is 16.5. The Labute approximate surface area is 199 Å². The molecule has 0 radical (unpaired) electrons. The van der Waals surface area contributed by atoms with Gasteiger partial charge in [0.25, 0.3) is 5.91 Å². The van der Waals surface area contributed by atoms with E-state index in [2.05, 4.69) is 0 Å². The lowest BCUT2D eigenvalue weighted by Gasteiger charge is -2.24. The van der Waals surface area contributed by atoms with Crippen molar-refractivity contribution in [2.45, 2.75) is 12.5 Å². The number of rotatable bonds is 7. The Morgan fingerprint density at radius 1 is 1.15 bits per heavy atom. The number of methoxy groups -OCH3 is 1. The largest absolute Gasteiger partial charge is 0.503 e. The highest BCUT2D eigenvalue weighted by Gasteiger charge is 2.45. The maximum Gasteiger partial charge on any atom is 0.290 e. The van der Waals surface area contributed by atoms with Gasteiger partial charge in [-0.15, -0.1) is 0 Å². The molecule has 34 heavy (non-hydrogen) atoms. The van der Waals surface area contributed by atoms with Crippen LogP contribution in [0.15, 0.2) is 87.1 Å². The molecule has 0 bridgehead atoms. The minimum absolute atomic E-state index is 0.000164. The van der Waals surface area contributed by atoms with E-state index in [-0.39, 0.29) is 17.9 Å². The highest BCUT2D eigenvalue weighted by Crippen LogP contribution is 2.40. The van der Waals surface area contributed by atoms with E-state index in [1.807, 2.05) is 24.3 Å². The molecule has 7 nitrogen and oxygen atoms in total. The van der Waals surface area contributed by atoms with Gasteiger partial charge in [0.2, 0.25) is 5.78 Å². The van der Waals surface area contributed by atoms with Gasteiger partial charge in [-0.25, -0.2) is 0 Å². The molecule has 4 aromatic rings. The van der Waals surface area contributed by atoms with Crippen LogP contribution < -0.4 is 4.74 Å².